The van der Waals surface area contributed by atoms with Crippen molar-refractivity contribution in [2.24, 2.45) is 0 Å². The van der Waals surface area contributed by atoms with Gasteiger partial charge < -0.3 is 44.3 Å². The van der Waals surface area contributed by atoms with Crippen molar-refractivity contribution in [3.63, 3.8) is 0 Å². The molecular formula is C48H45FN8O7. The van der Waals surface area contributed by atoms with Gasteiger partial charge in [-0.3, -0.25) is 9.59 Å². The number of ether oxygens (including phenoxy) is 2. The fourth-order valence-electron chi connectivity index (χ4n) is 8.71. The number of carbonyl (C=O) groups excluding carboxylic acids is 4. The fourth-order valence-corrected chi connectivity index (χ4v) is 8.71. The first-order chi connectivity index (χ1) is 31.2. The zero-order valence-corrected chi connectivity index (χ0v) is 35.0. The molecule has 64 heavy (non-hydrogen) atoms. The second-order valence-electron chi connectivity index (χ2n) is 15.8. The standard InChI is InChI=1S/C48H45FN8O7/c1-62-47(60)54-41(28-11-5-3-6-12-28)45(58)56-21-9-15-37(56)43-50-26-35(52-43)30-18-20-39-32(23-30)25-40(64-39)33-19-17-31(24-34(33)49)36-27-51-44(53-36)38-16-10-22-57(38)46(59)42(55-48(61)63-2)29-13-7-4-8-14-29/h3-8,11-14,17-20,23-27,37-38,41-42H,9-10,15-16,21-22H2,1-2H3,(H,50,52)(H,51,53)(H,54,60)(H,55,61). The van der Waals surface area contributed by atoms with Crippen LogP contribution in [0.15, 0.2) is 120 Å². The van der Waals surface area contributed by atoms with Crippen LogP contribution in [0.2, 0.25) is 0 Å². The highest BCUT2D eigenvalue weighted by molar-refractivity contribution is 5.89. The van der Waals surface area contributed by atoms with E-state index in [9.17, 15) is 19.2 Å². The van der Waals surface area contributed by atoms with Crippen molar-refractivity contribution in [3.05, 3.63) is 144 Å². The number of furan rings is 1. The van der Waals surface area contributed by atoms with Crippen LogP contribution in [0.4, 0.5) is 14.0 Å². The van der Waals surface area contributed by atoms with E-state index in [0.717, 1.165) is 29.5 Å². The lowest BCUT2D eigenvalue weighted by Crippen LogP contribution is -2.42. The smallest absolute Gasteiger partial charge is 0.407 e. The van der Waals surface area contributed by atoms with Gasteiger partial charge >= 0.3 is 12.2 Å². The summed E-state index contributed by atoms with van der Waals surface area (Å²) in [4.78, 5) is 71.8. The van der Waals surface area contributed by atoms with Gasteiger partial charge in [0, 0.05) is 29.6 Å². The summed E-state index contributed by atoms with van der Waals surface area (Å²) < 4.78 is 31.7. The molecule has 0 saturated carbocycles. The maximum absolute atomic E-state index is 16.0. The molecule has 4 atom stereocenters. The SMILES string of the molecule is COC(=O)NC(C(=O)N1CCCC1c1ncc(-c2ccc(-c3cc4cc(-c5cnc(C6CCCN6C(=O)C(NC(=O)OC)c6ccccc6)[nH]5)ccc4o3)c(F)c2)[nH]1)c1ccccc1. The number of hydrogen-bond donors (Lipinski definition) is 4. The van der Waals surface area contributed by atoms with Crippen LogP contribution in [0, 0.1) is 5.82 Å². The molecular weight excluding hydrogens is 820 g/mol. The van der Waals surface area contributed by atoms with Crippen molar-refractivity contribution >= 4 is 35.0 Å². The first kappa shape index (κ1) is 41.6. The highest BCUT2D eigenvalue weighted by atomic mass is 19.1. The van der Waals surface area contributed by atoms with E-state index in [1.165, 1.54) is 20.3 Å². The van der Waals surface area contributed by atoms with Gasteiger partial charge in [0.2, 0.25) is 0 Å². The molecule has 16 heteroatoms. The number of methoxy groups -OCH3 is 2. The summed E-state index contributed by atoms with van der Waals surface area (Å²) in [6.45, 7) is 0.986. The monoisotopic (exact) mass is 864 g/mol. The lowest BCUT2D eigenvalue weighted by Gasteiger charge is -2.28. The molecule has 4 unspecified atom stereocenters. The van der Waals surface area contributed by atoms with Gasteiger partial charge in [0.05, 0.1) is 55.6 Å². The second-order valence-corrected chi connectivity index (χ2v) is 15.8. The molecule has 2 aliphatic heterocycles. The van der Waals surface area contributed by atoms with E-state index in [1.807, 2.05) is 42.5 Å². The third kappa shape index (κ3) is 8.29. The molecule has 2 fully saturated rings. The van der Waals surface area contributed by atoms with Gasteiger partial charge in [-0.1, -0.05) is 66.7 Å². The average molecular weight is 865 g/mol. The largest absolute Gasteiger partial charge is 0.456 e. The van der Waals surface area contributed by atoms with Crippen LogP contribution in [-0.4, -0.2) is 81.0 Å². The number of imidazole rings is 2. The molecule has 2 saturated heterocycles. The van der Waals surface area contributed by atoms with Gasteiger partial charge in [0.15, 0.2) is 0 Å². The van der Waals surface area contributed by atoms with Gasteiger partial charge in [-0.2, -0.15) is 0 Å². The molecule has 0 spiro atoms. The number of carbonyl (C=O) groups is 4. The number of H-pyrrole nitrogens is 2. The van der Waals surface area contributed by atoms with Crippen molar-refractivity contribution in [1.82, 2.24) is 40.4 Å². The maximum Gasteiger partial charge on any atom is 0.407 e. The number of benzene rings is 4. The Labute approximate surface area is 367 Å². The minimum absolute atomic E-state index is 0.256. The Kier molecular flexibility index (Phi) is 11.6. The summed E-state index contributed by atoms with van der Waals surface area (Å²) in [7, 11) is 2.51. The average Bonchev–Trinajstić information content (AvgIpc) is 4.19. The molecule has 4 aromatic carbocycles. The van der Waals surface area contributed by atoms with Crippen LogP contribution in [-0.2, 0) is 19.1 Å². The van der Waals surface area contributed by atoms with Gasteiger partial charge in [-0.25, -0.2) is 23.9 Å². The summed E-state index contributed by atoms with van der Waals surface area (Å²) in [5, 5.41) is 6.13. The normalized spacial score (nSPS) is 17.0. The Balaban J connectivity index is 0.900. The molecule has 7 aromatic rings. The minimum Gasteiger partial charge on any atom is -0.456 e. The number of nitrogens with one attached hydrogen (secondary N) is 4. The Morgan fingerprint density at radius 1 is 0.688 bits per heavy atom. The first-order valence-electron chi connectivity index (χ1n) is 21.0. The van der Waals surface area contributed by atoms with E-state index in [1.54, 1.807) is 76.8 Å². The van der Waals surface area contributed by atoms with E-state index < -0.39 is 30.1 Å². The van der Waals surface area contributed by atoms with Crippen molar-refractivity contribution in [2.75, 3.05) is 27.3 Å². The molecule has 2 aliphatic rings. The molecule has 4 N–H and O–H groups in total. The predicted octanol–water partition coefficient (Wildman–Crippen LogP) is 8.54. The summed E-state index contributed by atoms with van der Waals surface area (Å²) in [6, 6.07) is 27.8. The summed E-state index contributed by atoms with van der Waals surface area (Å²) >= 11 is 0. The van der Waals surface area contributed by atoms with Crippen molar-refractivity contribution in [1.29, 1.82) is 0 Å². The zero-order chi connectivity index (χ0) is 44.3. The highest BCUT2D eigenvalue weighted by Crippen LogP contribution is 2.38. The van der Waals surface area contributed by atoms with Crippen LogP contribution in [0.3, 0.4) is 0 Å². The molecule has 9 rings (SSSR count). The molecule has 15 nitrogen and oxygen atoms in total. The number of halogens is 1. The Bertz CT molecular complexity index is 2820. The Hall–Kier alpha value is -7.75. The van der Waals surface area contributed by atoms with E-state index in [0.29, 0.717) is 71.3 Å². The zero-order valence-electron chi connectivity index (χ0n) is 35.0. The molecule has 0 radical (unpaired) electrons. The topological polar surface area (TPSA) is 188 Å². The molecule has 4 amide bonds. The maximum atomic E-state index is 16.0. The van der Waals surface area contributed by atoms with E-state index in [2.05, 4.69) is 30.6 Å². The second kappa shape index (κ2) is 17.9. The molecule has 5 heterocycles. The van der Waals surface area contributed by atoms with Crippen LogP contribution in [0.5, 0.6) is 0 Å². The Morgan fingerprint density at radius 3 is 1.69 bits per heavy atom. The molecule has 326 valence electrons. The van der Waals surface area contributed by atoms with Gasteiger partial charge in [0.1, 0.15) is 40.9 Å². The number of likely N-dealkylation sites (tertiary alicyclic amines) is 2. The minimum atomic E-state index is -0.945. The molecule has 0 bridgehead atoms. The summed E-state index contributed by atoms with van der Waals surface area (Å²) in [6.07, 6.45) is 4.81. The van der Waals surface area contributed by atoms with Gasteiger partial charge in [-0.05, 0) is 73.2 Å². The number of amides is 4. The molecule has 3 aromatic heterocycles. The van der Waals surface area contributed by atoms with Crippen molar-refractivity contribution < 1.29 is 37.5 Å². The quantitative estimate of drug-likeness (QED) is 0.0988. The lowest BCUT2D eigenvalue weighted by molar-refractivity contribution is -0.135. The third-order valence-corrected chi connectivity index (χ3v) is 11.9. The van der Waals surface area contributed by atoms with E-state index in [-0.39, 0.29) is 29.5 Å². The van der Waals surface area contributed by atoms with E-state index >= 15 is 4.39 Å². The number of fused-ring (bicyclic) bond motifs is 1. The number of aromatic amines is 2. The number of nitrogens with zero attached hydrogens (tertiary/aromatic N) is 4. The highest BCUT2D eigenvalue weighted by Gasteiger charge is 2.38. The molecule has 0 aliphatic carbocycles. The van der Waals surface area contributed by atoms with Gasteiger partial charge in [0.25, 0.3) is 11.8 Å². The van der Waals surface area contributed by atoms with Crippen LogP contribution >= 0.6 is 0 Å². The van der Waals surface area contributed by atoms with Crippen LogP contribution in [0.1, 0.15) is 72.6 Å². The predicted molar refractivity (Wildman–Crippen MR) is 234 cm³/mol. The van der Waals surface area contributed by atoms with E-state index in [4.69, 9.17) is 13.9 Å². The lowest BCUT2D eigenvalue weighted by atomic mass is 10.0. The van der Waals surface area contributed by atoms with Crippen molar-refractivity contribution in [2.45, 2.75) is 49.9 Å². The summed E-state index contributed by atoms with van der Waals surface area (Å²) in [5.41, 5.74) is 4.84. The fraction of sp³-hybridized carbons (Fsp3) is 0.250. The number of alkyl carbamates (subject to hydrolysis) is 2. The summed E-state index contributed by atoms with van der Waals surface area (Å²) in [5.74, 6) is 0.515. The number of aromatic nitrogens is 4. The van der Waals surface area contributed by atoms with Crippen LogP contribution < -0.4 is 10.6 Å². The Morgan fingerprint density at radius 2 is 1.19 bits per heavy atom. The van der Waals surface area contributed by atoms with Crippen molar-refractivity contribution in [3.8, 4) is 33.8 Å². The first-order valence-corrected chi connectivity index (χ1v) is 21.0. The third-order valence-electron chi connectivity index (χ3n) is 11.9. The van der Waals surface area contributed by atoms with Gasteiger partial charge in [-0.15, -0.1) is 0 Å². The number of hydrogen-bond acceptors (Lipinski definition) is 9. The van der Waals surface area contributed by atoms with Crippen LogP contribution in [0.25, 0.3) is 44.8 Å². The number of rotatable bonds is 11.